The fraction of sp³-hybridized carbons (Fsp3) is 0.273. The summed E-state index contributed by atoms with van der Waals surface area (Å²) in [5, 5.41) is 4.13. The Labute approximate surface area is 182 Å². The first-order valence-electron chi connectivity index (χ1n) is 9.98. The van der Waals surface area contributed by atoms with E-state index in [1.165, 1.54) is 36.3 Å². The van der Waals surface area contributed by atoms with Crippen LogP contribution in [-0.4, -0.2) is 58.6 Å². The number of morpholine rings is 1. The lowest BCUT2D eigenvalue weighted by atomic mass is 10.2. The third-order valence-electron chi connectivity index (χ3n) is 5.13. The second-order valence-corrected chi connectivity index (χ2v) is 7.16. The number of aromatic nitrogens is 3. The molecule has 0 saturated carbocycles. The molecule has 166 valence electrons. The Morgan fingerprint density at radius 2 is 1.72 bits per heavy atom. The molecule has 10 heteroatoms. The molecule has 0 atom stereocenters. The van der Waals surface area contributed by atoms with E-state index < -0.39 is 23.0 Å². The van der Waals surface area contributed by atoms with Gasteiger partial charge in [0, 0.05) is 13.1 Å². The molecule has 9 nitrogen and oxygen atoms in total. The number of nitrogens with zero attached hydrogens (tertiary/aromatic N) is 4. The van der Waals surface area contributed by atoms with E-state index in [0.29, 0.717) is 43.3 Å². The minimum atomic E-state index is -0.805. The minimum absolute atomic E-state index is 0.139. The summed E-state index contributed by atoms with van der Waals surface area (Å²) in [7, 11) is 1.52. The fourth-order valence-electron chi connectivity index (χ4n) is 3.37. The molecule has 1 amide bonds. The maximum Gasteiger partial charge on any atom is 0.352 e. The second kappa shape index (κ2) is 9.15. The van der Waals surface area contributed by atoms with Crippen molar-refractivity contribution in [3.63, 3.8) is 0 Å². The van der Waals surface area contributed by atoms with Crippen LogP contribution in [0, 0.1) is 5.82 Å². The average molecular weight is 440 g/mol. The lowest BCUT2D eigenvalue weighted by molar-refractivity contribution is 0.0295. The number of carbonyl (C=O) groups is 1. The maximum absolute atomic E-state index is 13.3. The maximum atomic E-state index is 13.3. The van der Waals surface area contributed by atoms with Crippen LogP contribution in [0.3, 0.4) is 0 Å². The molecule has 0 spiro atoms. The smallest absolute Gasteiger partial charge is 0.352 e. The Balaban J connectivity index is 1.84. The van der Waals surface area contributed by atoms with Crippen molar-refractivity contribution in [1.29, 1.82) is 0 Å². The van der Waals surface area contributed by atoms with Crippen molar-refractivity contribution in [1.82, 2.24) is 19.2 Å². The first kappa shape index (κ1) is 21.4. The van der Waals surface area contributed by atoms with Gasteiger partial charge in [-0.05, 0) is 42.0 Å². The van der Waals surface area contributed by atoms with Crippen LogP contribution in [0.25, 0.3) is 5.69 Å². The van der Waals surface area contributed by atoms with Gasteiger partial charge >= 0.3 is 5.69 Å². The molecular formula is C22H21FN4O5. The van der Waals surface area contributed by atoms with Crippen LogP contribution in [0.4, 0.5) is 4.39 Å². The van der Waals surface area contributed by atoms with Crippen molar-refractivity contribution in [3.05, 3.63) is 86.4 Å². The van der Waals surface area contributed by atoms with Gasteiger partial charge in [0.25, 0.3) is 11.5 Å². The van der Waals surface area contributed by atoms with E-state index in [0.717, 1.165) is 9.25 Å². The predicted octanol–water partition coefficient (Wildman–Crippen LogP) is 1.06. The van der Waals surface area contributed by atoms with Gasteiger partial charge in [0.1, 0.15) is 11.6 Å². The summed E-state index contributed by atoms with van der Waals surface area (Å²) in [5.74, 6) is -0.436. The van der Waals surface area contributed by atoms with Gasteiger partial charge in [-0.2, -0.15) is 9.78 Å². The first-order valence-corrected chi connectivity index (χ1v) is 9.98. The Kier molecular flexibility index (Phi) is 6.13. The van der Waals surface area contributed by atoms with Crippen LogP contribution in [0.15, 0.2) is 58.1 Å². The Bertz CT molecular complexity index is 1230. The van der Waals surface area contributed by atoms with Crippen molar-refractivity contribution in [3.8, 4) is 11.4 Å². The molecule has 1 aliphatic heterocycles. The second-order valence-electron chi connectivity index (χ2n) is 7.16. The van der Waals surface area contributed by atoms with Crippen LogP contribution in [0.1, 0.15) is 16.1 Å². The summed E-state index contributed by atoms with van der Waals surface area (Å²) >= 11 is 0. The topological polar surface area (TPSA) is 95.7 Å². The van der Waals surface area contributed by atoms with E-state index in [-0.39, 0.29) is 12.2 Å². The number of methoxy groups -OCH3 is 1. The first-order chi connectivity index (χ1) is 15.5. The molecule has 2 heterocycles. The van der Waals surface area contributed by atoms with Crippen molar-refractivity contribution in [2.24, 2.45) is 0 Å². The highest BCUT2D eigenvalue weighted by molar-refractivity contribution is 5.91. The molecule has 1 aromatic heterocycles. The van der Waals surface area contributed by atoms with Gasteiger partial charge in [-0.25, -0.2) is 9.18 Å². The SMILES string of the molecule is COc1ccc(-n2nc(C(=O)N3CCOCC3)c(=O)n(Cc3ccc(F)cc3)c2=O)cc1. The van der Waals surface area contributed by atoms with Gasteiger partial charge in [0.05, 0.1) is 32.6 Å². The van der Waals surface area contributed by atoms with Crippen LogP contribution in [0.5, 0.6) is 5.75 Å². The van der Waals surface area contributed by atoms with Crippen molar-refractivity contribution >= 4 is 5.91 Å². The summed E-state index contributed by atoms with van der Waals surface area (Å²) in [5.41, 5.74) is -1.00. The lowest BCUT2D eigenvalue weighted by Gasteiger charge is -2.26. The Morgan fingerprint density at radius 1 is 1.06 bits per heavy atom. The molecular weight excluding hydrogens is 419 g/mol. The van der Waals surface area contributed by atoms with E-state index in [1.54, 1.807) is 24.3 Å². The largest absolute Gasteiger partial charge is 0.497 e. The molecule has 4 rings (SSSR count). The van der Waals surface area contributed by atoms with Gasteiger partial charge < -0.3 is 14.4 Å². The Morgan fingerprint density at radius 3 is 2.34 bits per heavy atom. The van der Waals surface area contributed by atoms with Gasteiger partial charge in [0.2, 0.25) is 5.69 Å². The Hall–Kier alpha value is -3.79. The zero-order valence-electron chi connectivity index (χ0n) is 17.4. The van der Waals surface area contributed by atoms with Crippen LogP contribution < -0.4 is 16.0 Å². The number of carbonyl (C=O) groups excluding carboxylic acids is 1. The highest BCUT2D eigenvalue weighted by Crippen LogP contribution is 2.13. The minimum Gasteiger partial charge on any atom is -0.497 e. The molecule has 0 bridgehead atoms. The quantitative estimate of drug-likeness (QED) is 0.589. The zero-order valence-corrected chi connectivity index (χ0v) is 17.4. The zero-order chi connectivity index (χ0) is 22.7. The predicted molar refractivity (Wildman–Crippen MR) is 113 cm³/mol. The molecule has 1 fully saturated rings. The van der Waals surface area contributed by atoms with E-state index in [1.807, 2.05) is 0 Å². The molecule has 1 saturated heterocycles. The van der Waals surface area contributed by atoms with Crippen molar-refractivity contribution in [2.45, 2.75) is 6.54 Å². The van der Waals surface area contributed by atoms with Crippen molar-refractivity contribution in [2.75, 3.05) is 33.4 Å². The molecule has 0 radical (unpaired) electrons. The summed E-state index contributed by atoms with van der Waals surface area (Å²) in [4.78, 5) is 40.9. The van der Waals surface area contributed by atoms with E-state index in [9.17, 15) is 18.8 Å². The van der Waals surface area contributed by atoms with E-state index in [4.69, 9.17) is 9.47 Å². The summed E-state index contributed by atoms with van der Waals surface area (Å²) in [6.45, 7) is 1.21. The normalized spacial score (nSPS) is 13.8. The number of benzene rings is 2. The third kappa shape index (κ3) is 4.30. The van der Waals surface area contributed by atoms with Crippen LogP contribution >= 0.6 is 0 Å². The van der Waals surface area contributed by atoms with Crippen LogP contribution in [-0.2, 0) is 11.3 Å². The highest BCUT2D eigenvalue weighted by atomic mass is 19.1. The van der Waals surface area contributed by atoms with E-state index >= 15 is 0 Å². The van der Waals surface area contributed by atoms with Crippen molar-refractivity contribution < 1.29 is 18.7 Å². The van der Waals surface area contributed by atoms with Gasteiger partial charge in [-0.3, -0.25) is 14.2 Å². The molecule has 0 unspecified atom stereocenters. The molecule has 1 aliphatic rings. The number of ether oxygens (including phenoxy) is 2. The standard InChI is InChI=1S/C22H21FN4O5/c1-31-18-8-6-17(7-9-18)27-22(30)26(14-15-2-4-16(23)5-3-15)21(29)19(24-27)20(28)25-10-12-32-13-11-25/h2-9H,10-14H2,1H3. The summed E-state index contributed by atoms with van der Waals surface area (Å²) < 4.78 is 25.6. The molecule has 2 aromatic carbocycles. The number of amides is 1. The monoisotopic (exact) mass is 440 g/mol. The molecule has 32 heavy (non-hydrogen) atoms. The average Bonchev–Trinajstić information content (AvgIpc) is 2.83. The number of halogens is 1. The van der Waals surface area contributed by atoms with Gasteiger partial charge in [0.15, 0.2) is 0 Å². The number of hydrogen-bond acceptors (Lipinski definition) is 6. The molecule has 0 aliphatic carbocycles. The summed E-state index contributed by atoms with van der Waals surface area (Å²) in [6, 6.07) is 11.9. The van der Waals surface area contributed by atoms with Gasteiger partial charge in [-0.15, -0.1) is 0 Å². The molecule has 0 N–H and O–H groups in total. The summed E-state index contributed by atoms with van der Waals surface area (Å²) in [6.07, 6.45) is 0. The fourth-order valence-corrected chi connectivity index (χ4v) is 3.37. The van der Waals surface area contributed by atoms with Crippen LogP contribution in [0.2, 0.25) is 0 Å². The lowest BCUT2D eigenvalue weighted by Crippen LogP contribution is -2.48. The third-order valence-corrected chi connectivity index (χ3v) is 5.13. The molecule has 3 aromatic rings. The van der Waals surface area contributed by atoms with E-state index in [2.05, 4.69) is 5.10 Å². The van der Waals surface area contributed by atoms with Gasteiger partial charge in [-0.1, -0.05) is 12.1 Å². The highest BCUT2D eigenvalue weighted by Gasteiger charge is 2.26. The number of rotatable bonds is 5. The number of hydrogen-bond donors (Lipinski definition) is 0.